The highest BCUT2D eigenvalue weighted by atomic mass is 19.1. The third-order valence-electron chi connectivity index (χ3n) is 4.19. The van der Waals surface area contributed by atoms with Crippen LogP contribution in [-0.2, 0) is 0 Å². The molecule has 0 aliphatic heterocycles. The van der Waals surface area contributed by atoms with E-state index in [4.69, 9.17) is 9.47 Å². The van der Waals surface area contributed by atoms with Crippen molar-refractivity contribution in [2.45, 2.75) is 6.92 Å². The van der Waals surface area contributed by atoms with Gasteiger partial charge in [0.15, 0.2) is 11.6 Å². The predicted molar refractivity (Wildman–Crippen MR) is 96.1 cm³/mol. The van der Waals surface area contributed by atoms with Crippen molar-refractivity contribution in [1.82, 2.24) is 14.4 Å². The molecule has 5 nitrogen and oxygen atoms in total. The quantitative estimate of drug-likeness (QED) is 0.521. The molecule has 0 fully saturated rings. The number of ether oxygens (including phenoxy) is 2. The molecule has 0 spiro atoms. The number of fused-ring (bicyclic) bond motifs is 1. The topological polar surface area (TPSA) is 48.7 Å². The average Bonchev–Trinajstić information content (AvgIpc) is 2.98. The van der Waals surface area contributed by atoms with Gasteiger partial charge in [0.2, 0.25) is 11.7 Å². The summed E-state index contributed by atoms with van der Waals surface area (Å²) < 4.78 is 40.4. The highest BCUT2D eigenvalue weighted by Gasteiger charge is 2.16. The van der Waals surface area contributed by atoms with Crippen LogP contribution in [0.4, 0.5) is 8.78 Å². The molecular weight excluding hydrogens is 352 g/mol. The molecule has 4 aromatic rings. The summed E-state index contributed by atoms with van der Waals surface area (Å²) in [5.74, 6) is -0.0294. The van der Waals surface area contributed by atoms with Crippen molar-refractivity contribution in [3.63, 3.8) is 0 Å². The minimum Gasteiger partial charge on any atom is -0.494 e. The van der Waals surface area contributed by atoms with Crippen LogP contribution in [0.3, 0.4) is 0 Å². The molecule has 7 heteroatoms. The minimum absolute atomic E-state index is 0.0399. The Kier molecular flexibility index (Phi) is 4.19. The molecule has 27 heavy (non-hydrogen) atoms. The van der Waals surface area contributed by atoms with Crippen LogP contribution >= 0.6 is 0 Å². The highest BCUT2D eigenvalue weighted by Crippen LogP contribution is 2.31. The molecule has 0 amide bonds. The molecule has 0 aliphatic rings. The van der Waals surface area contributed by atoms with E-state index in [9.17, 15) is 8.78 Å². The van der Waals surface area contributed by atoms with Gasteiger partial charge in [-0.25, -0.2) is 13.8 Å². The SMILES string of the molecule is COc1cc(-c2cnc3nc(Oc4ccccc4)c(C)n3c2)c(F)cc1F. The lowest BCUT2D eigenvalue weighted by Gasteiger charge is -2.08. The zero-order valence-electron chi connectivity index (χ0n) is 14.6. The molecule has 0 unspecified atom stereocenters. The van der Waals surface area contributed by atoms with E-state index in [2.05, 4.69) is 9.97 Å². The Morgan fingerprint density at radius 1 is 1.04 bits per heavy atom. The molecule has 2 heterocycles. The Labute approximate surface area is 153 Å². The maximum Gasteiger partial charge on any atom is 0.242 e. The van der Waals surface area contributed by atoms with Crippen LogP contribution in [0.15, 0.2) is 54.9 Å². The monoisotopic (exact) mass is 367 g/mol. The van der Waals surface area contributed by atoms with Crippen molar-refractivity contribution >= 4 is 5.78 Å². The van der Waals surface area contributed by atoms with Gasteiger partial charge in [-0.15, -0.1) is 0 Å². The lowest BCUT2D eigenvalue weighted by molar-refractivity contribution is 0.384. The highest BCUT2D eigenvalue weighted by molar-refractivity contribution is 5.65. The van der Waals surface area contributed by atoms with Crippen molar-refractivity contribution in [2.24, 2.45) is 0 Å². The predicted octanol–water partition coefficient (Wildman–Crippen LogP) is 4.78. The second-order valence-corrected chi connectivity index (χ2v) is 5.90. The Hall–Kier alpha value is -3.48. The Bertz CT molecular complexity index is 1130. The number of benzene rings is 2. The maximum atomic E-state index is 14.3. The molecule has 0 radical (unpaired) electrons. The lowest BCUT2D eigenvalue weighted by atomic mass is 10.1. The molecule has 0 N–H and O–H groups in total. The third-order valence-corrected chi connectivity index (χ3v) is 4.19. The molecule has 136 valence electrons. The van der Waals surface area contributed by atoms with Gasteiger partial charge in [-0.05, 0) is 25.1 Å². The van der Waals surface area contributed by atoms with Crippen molar-refractivity contribution in [3.05, 3.63) is 72.2 Å². The second-order valence-electron chi connectivity index (χ2n) is 5.90. The van der Waals surface area contributed by atoms with Gasteiger partial charge in [0.05, 0.1) is 12.8 Å². The summed E-state index contributed by atoms with van der Waals surface area (Å²) in [6.45, 7) is 1.82. The number of methoxy groups -OCH3 is 1. The van der Waals surface area contributed by atoms with E-state index in [-0.39, 0.29) is 11.3 Å². The Morgan fingerprint density at radius 2 is 1.81 bits per heavy atom. The van der Waals surface area contributed by atoms with Crippen molar-refractivity contribution < 1.29 is 18.3 Å². The minimum atomic E-state index is -0.759. The van der Waals surface area contributed by atoms with E-state index in [1.54, 1.807) is 10.6 Å². The third kappa shape index (κ3) is 3.08. The fourth-order valence-electron chi connectivity index (χ4n) is 2.77. The first-order valence-corrected chi connectivity index (χ1v) is 8.18. The van der Waals surface area contributed by atoms with Gasteiger partial charge < -0.3 is 9.47 Å². The normalized spacial score (nSPS) is 11.0. The number of imidazole rings is 1. The van der Waals surface area contributed by atoms with Crippen LogP contribution in [0, 0.1) is 18.6 Å². The largest absolute Gasteiger partial charge is 0.494 e. The first-order chi connectivity index (χ1) is 13.1. The van der Waals surface area contributed by atoms with Crippen molar-refractivity contribution in [1.29, 1.82) is 0 Å². The summed E-state index contributed by atoms with van der Waals surface area (Å²) in [7, 11) is 1.33. The number of aryl methyl sites for hydroxylation is 1. The van der Waals surface area contributed by atoms with Gasteiger partial charge in [0.1, 0.15) is 11.6 Å². The first kappa shape index (κ1) is 17.0. The molecule has 0 atom stereocenters. The fraction of sp³-hybridized carbons (Fsp3) is 0.100. The number of para-hydroxylation sites is 1. The van der Waals surface area contributed by atoms with Gasteiger partial charge in [-0.2, -0.15) is 4.98 Å². The maximum absolute atomic E-state index is 14.3. The lowest BCUT2D eigenvalue weighted by Crippen LogP contribution is -1.96. The Morgan fingerprint density at radius 3 is 2.56 bits per heavy atom. The number of aromatic nitrogens is 3. The summed E-state index contributed by atoms with van der Waals surface area (Å²) in [4.78, 5) is 8.63. The van der Waals surface area contributed by atoms with Crippen molar-refractivity contribution in [3.8, 4) is 28.5 Å². The number of rotatable bonds is 4. The van der Waals surface area contributed by atoms with E-state index < -0.39 is 11.6 Å². The zero-order chi connectivity index (χ0) is 19.0. The summed E-state index contributed by atoms with van der Waals surface area (Å²) in [6.07, 6.45) is 3.15. The summed E-state index contributed by atoms with van der Waals surface area (Å²) in [5.41, 5.74) is 1.35. The smallest absolute Gasteiger partial charge is 0.242 e. The second kappa shape index (κ2) is 6.68. The summed E-state index contributed by atoms with van der Waals surface area (Å²) in [6, 6.07) is 11.4. The zero-order valence-corrected chi connectivity index (χ0v) is 14.6. The number of hydrogen-bond donors (Lipinski definition) is 0. The molecule has 2 aromatic heterocycles. The van der Waals surface area contributed by atoms with E-state index in [0.29, 0.717) is 28.7 Å². The van der Waals surface area contributed by atoms with Crippen LogP contribution in [0.2, 0.25) is 0 Å². The summed E-state index contributed by atoms with van der Waals surface area (Å²) in [5, 5.41) is 0. The average molecular weight is 367 g/mol. The number of halogens is 2. The molecule has 2 aromatic carbocycles. The van der Waals surface area contributed by atoms with E-state index in [1.165, 1.54) is 19.4 Å². The van der Waals surface area contributed by atoms with Crippen LogP contribution in [0.25, 0.3) is 16.9 Å². The molecule has 0 aliphatic carbocycles. The first-order valence-electron chi connectivity index (χ1n) is 8.18. The van der Waals surface area contributed by atoms with Crippen LogP contribution in [0.5, 0.6) is 17.4 Å². The molecule has 0 saturated heterocycles. The van der Waals surface area contributed by atoms with Crippen molar-refractivity contribution in [2.75, 3.05) is 7.11 Å². The molecule has 4 rings (SSSR count). The standard InChI is InChI=1S/C20H15F2N3O2/c1-12-19(27-14-6-4-3-5-7-14)24-20-23-10-13(11-25(12)20)15-8-18(26-2)17(22)9-16(15)21/h3-11H,1-2H3. The van der Waals surface area contributed by atoms with E-state index >= 15 is 0 Å². The van der Waals surface area contributed by atoms with Crippen LogP contribution < -0.4 is 9.47 Å². The molecule has 0 bridgehead atoms. The van der Waals surface area contributed by atoms with E-state index in [0.717, 1.165) is 6.07 Å². The van der Waals surface area contributed by atoms with E-state index in [1.807, 2.05) is 37.3 Å². The Balaban J connectivity index is 1.78. The fourth-order valence-corrected chi connectivity index (χ4v) is 2.77. The van der Waals surface area contributed by atoms with Crippen LogP contribution in [0.1, 0.15) is 5.69 Å². The van der Waals surface area contributed by atoms with Gasteiger partial charge in [0.25, 0.3) is 0 Å². The van der Waals surface area contributed by atoms with Gasteiger partial charge in [-0.1, -0.05) is 18.2 Å². The van der Waals surface area contributed by atoms with Gasteiger partial charge in [-0.3, -0.25) is 4.40 Å². The van der Waals surface area contributed by atoms with Gasteiger partial charge in [0, 0.05) is 29.6 Å². The molecular formula is C20H15F2N3O2. The van der Waals surface area contributed by atoms with Gasteiger partial charge >= 0.3 is 0 Å². The number of nitrogens with zero attached hydrogens (tertiary/aromatic N) is 3. The van der Waals surface area contributed by atoms with Crippen LogP contribution in [-0.4, -0.2) is 21.5 Å². The summed E-state index contributed by atoms with van der Waals surface area (Å²) >= 11 is 0. The number of hydrogen-bond acceptors (Lipinski definition) is 4. The molecule has 0 saturated carbocycles.